The van der Waals surface area contributed by atoms with Gasteiger partial charge < -0.3 is 0 Å². The number of benzene rings is 6. The first-order chi connectivity index (χ1) is 23.2. The molecule has 8 rings (SSSR count). The van der Waals surface area contributed by atoms with E-state index in [1.54, 1.807) is 10.6 Å². The van der Waals surface area contributed by atoms with Crippen molar-refractivity contribution in [3.8, 4) is 39.1 Å². The molecule has 0 aliphatic heterocycles. The molecule has 8 aromatic rings. The lowest BCUT2D eigenvalue weighted by Crippen LogP contribution is -2.00. The Labute approximate surface area is 257 Å². The maximum atomic E-state index is 8.68. The van der Waals surface area contributed by atoms with Gasteiger partial charge in [0.1, 0.15) is 5.82 Å². The van der Waals surface area contributed by atoms with Gasteiger partial charge in [0, 0.05) is 31.3 Å². The van der Waals surface area contributed by atoms with E-state index < -0.39 is 13.2 Å². The minimum atomic E-state index is -2.92. The van der Waals surface area contributed by atoms with Crippen molar-refractivity contribution in [3.63, 3.8) is 0 Å². The van der Waals surface area contributed by atoms with Crippen LogP contribution in [0.15, 0.2) is 146 Å². The van der Waals surface area contributed by atoms with Crippen molar-refractivity contribution in [2.75, 3.05) is 0 Å². The summed E-state index contributed by atoms with van der Waals surface area (Å²) in [6, 6.07) is 44.5. The van der Waals surface area contributed by atoms with Crippen LogP contribution in [0.1, 0.15) is 19.5 Å². The molecule has 0 radical (unpaired) electrons. The van der Waals surface area contributed by atoms with Crippen LogP contribution >= 0.6 is 0 Å². The molecule has 0 saturated carbocycles. The molecule has 0 aliphatic carbocycles. The molecule has 2 heterocycles. The van der Waals surface area contributed by atoms with Gasteiger partial charge in [-0.25, -0.2) is 4.98 Å². The van der Waals surface area contributed by atoms with E-state index in [0.717, 1.165) is 54.9 Å². The summed E-state index contributed by atoms with van der Waals surface area (Å²) in [4.78, 5) is 8.77. The highest BCUT2D eigenvalue weighted by Crippen LogP contribution is 2.46. The topological polar surface area (TPSA) is 30.7 Å². The van der Waals surface area contributed by atoms with Gasteiger partial charge in [0.2, 0.25) is 0 Å². The van der Waals surface area contributed by atoms with Crippen LogP contribution < -0.4 is 0 Å². The number of pyridine rings is 1. The Morgan fingerprint density at radius 2 is 1.23 bits per heavy atom. The van der Waals surface area contributed by atoms with Gasteiger partial charge in [0.15, 0.2) is 0 Å². The van der Waals surface area contributed by atoms with Gasteiger partial charge in [-0.1, -0.05) is 104 Å². The average molecular weight is 557 g/mol. The van der Waals surface area contributed by atoms with E-state index in [0.29, 0.717) is 16.7 Å². The highest BCUT2D eigenvalue weighted by molar-refractivity contribution is 6.22. The predicted molar refractivity (Wildman–Crippen MR) is 180 cm³/mol. The summed E-state index contributed by atoms with van der Waals surface area (Å²) in [6.45, 7) is -2.92. The van der Waals surface area contributed by atoms with Crippen molar-refractivity contribution in [3.05, 3.63) is 152 Å². The van der Waals surface area contributed by atoms with Crippen molar-refractivity contribution >= 4 is 32.6 Å². The van der Waals surface area contributed by atoms with Crippen LogP contribution in [0, 0.1) is 0 Å². The second-order valence-electron chi connectivity index (χ2n) is 10.6. The Kier molecular flexibility index (Phi) is 4.91. The molecule has 0 N–H and O–H groups in total. The third-order valence-electron chi connectivity index (χ3n) is 8.18. The molecule has 0 bridgehead atoms. The summed E-state index contributed by atoms with van der Waals surface area (Å²) < 4.78 is 43.1. The first-order valence-corrected chi connectivity index (χ1v) is 14.3. The van der Waals surface area contributed by atoms with Crippen molar-refractivity contribution in [1.29, 1.82) is 0 Å². The van der Waals surface area contributed by atoms with Crippen LogP contribution in [0.25, 0.3) is 71.6 Å². The second kappa shape index (κ2) is 10.4. The van der Waals surface area contributed by atoms with Gasteiger partial charge in [-0.2, -0.15) is 0 Å². The first kappa shape index (κ1) is 20.4. The molecule has 3 nitrogen and oxygen atoms in total. The minimum Gasteiger partial charge on any atom is -0.296 e. The van der Waals surface area contributed by atoms with E-state index in [1.807, 2.05) is 60.9 Å². The lowest BCUT2D eigenvalue weighted by atomic mass is 9.84. The number of aryl methyl sites for hydroxylation is 1. The lowest BCUT2D eigenvalue weighted by molar-refractivity contribution is 0.908. The molecule has 0 amide bonds. The molecule has 3 heteroatoms. The maximum absolute atomic E-state index is 8.68. The number of para-hydroxylation sites is 2. The SMILES string of the molecule is [2H]C([2H])([2H])C([2H])([2H])c1nc2ccccc2n1-c1cccc(-c2c3ccccc3c(-c3ccccc3-c3ccncc3)c3ccccc23)c1. The first-order valence-electron chi connectivity index (χ1n) is 16.8. The van der Waals surface area contributed by atoms with E-state index in [2.05, 4.69) is 88.8 Å². The third kappa shape index (κ3) is 4.12. The van der Waals surface area contributed by atoms with Crippen LogP contribution in [-0.2, 0) is 6.37 Å². The van der Waals surface area contributed by atoms with Crippen LogP contribution in [0.4, 0.5) is 0 Å². The Hall–Kier alpha value is -5.54. The molecule has 0 unspecified atom stereocenters. The fraction of sp³-hybridized carbons (Fsp3) is 0.0500. The fourth-order valence-electron chi connectivity index (χ4n) is 6.39. The zero-order chi connectivity index (χ0) is 33.0. The highest BCUT2D eigenvalue weighted by Gasteiger charge is 2.19. The number of rotatable bonds is 5. The van der Waals surface area contributed by atoms with Gasteiger partial charge in [0.25, 0.3) is 0 Å². The van der Waals surface area contributed by atoms with Crippen LogP contribution in [0.2, 0.25) is 0 Å². The Balaban J connectivity index is 1.41. The number of imidazole rings is 1. The number of hydrogen-bond acceptors (Lipinski definition) is 2. The van der Waals surface area contributed by atoms with Gasteiger partial charge >= 0.3 is 0 Å². The normalized spacial score (nSPS) is 13.8. The van der Waals surface area contributed by atoms with E-state index >= 15 is 0 Å². The minimum absolute atomic E-state index is 0.154. The maximum Gasteiger partial charge on any atom is 0.114 e. The molecule has 43 heavy (non-hydrogen) atoms. The molecular formula is C40H29N3. The summed E-state index contributed by atoms with van der Waals surface area (Å²) in [5.74, 6) is -0.154. The van der Waals surface area contributed by atoms with Crippen LogP contribution in [-0.4, -0.2) is 14.5 Å². The zero-order valence-corrected chi connectivity index (χ0v) is 23.2. The number of aromatic nitrogens is 3. The summed E-state index contributed by atoms with van der Waals surface area (Å²) in [5, 5.41) is 4.35. The van der Waals surface area contributed by atoms with Crippen molar-refractivity contribution in [1.82, 2.24) is 14.5 Å². The van der Waals surface area contributed by atoms with Crippen molar-refractivity contribution in [2.45, 2.75) is 13.2 Å². The van der Waals surface area contributed by atoms with Gasteiger partial charge in [-0.05, 0) is 91.3 Å². The van der Waals surface area contributed by atoms with Gasteiger partial charge in [-0.3, -0.25) is 9.55 Å². The van der Waals surface area contributed by atoms with E-state index in [4.69, 9.17) is 6.85 Å². The molecule has 0 saturated heterocycles. The van der Waals surface area contributed by atoms with Crippen molar-refractivity contribution in [2.24, 2.45) is 0 Å². The Bertz CT molecular complexity index is 2430. The summed E-state index contributed by atoms with van der Waals surface area (Å²) in [5.41, 5.74) is 8.23. The summed E-state index contributed by atoms with van der Waals surface area (Å²) >= 11 is 0. The Morgan fingerprint density at radius 1 is 0.605 bits per heavy atom. The quantitative estimate of drug-likeness (QED) is 0.197. The van der Waals surface area contributed by atoms with E-state index in [-0.39, 0.29) is 5.82 Å². The van der Waals surface area contributed by atoms with E-state index in [1.165, 1.54) is 0 Å². The lowest BCUT2D eigenvalue weighted by Gasteiger charge is -2.20. The van der Waals surface area contributed by atoms with Crippen LogP contribution in [0.5, 0.6) is 0 Å². The average Bonchev–Trinajstić information content (AvgIpc) is 3.51. The molecule has 204 valence electrons. The molecule has 0 spiro atoms. The standard InChI is InChI=1S/C40H29N3/c1-2-38-42-36-20-9-10-21-37(36)43(38)29-13-11-12-28(26-29)39-32-16-5-7-18-34(32)40(35-19-8-6-17-33(35)39)31-15-4-3-14-30(31)27-22-24-41-25-23-27/h3-26H,2H2,1H3/i1D3,2D2. The van der Waals surface area contributed by atoms with Crippen LogP contribution in [0.3, 0.4) is 0 Å². The number of hydrogen-bond donors (Lipinski definition) is 0. The van der Waals surface area contributed by atoms with E-state index in [9.17, 15) is 0 Å². The largest absolute Gasteiger partial charge is 0.296 e. The molecule has 0 fully saturated rings. The monoisotopic (exact) mass is 556 g/mol. The molecule has 0 atom stereocenters. The third-order valence-corrected chi connectivity index (χ3v) is 8.18. The predicted octanol–water partition coefficient (Wildman–Crippen LogP) is 10.3. The molecule has 0 aliphatic rings. The number of nitrogens with zero attached hydrogens (tertiary/aromatic N) is 3. The molecular weight excluding hydrogens is 522 g/mol. The summed E-state index contributed by atoms with van der Waals surface area (Å²) in [7, 11) is 0. The smallest absolute Gasteiger partial charge is 0.114 e. The summed E-state index contributed by atoms with van der Waals surface area (Å²) in [6.07, 6.45) is 0.944. The fourth-order valence-corrected chi connectivity index (χ4v) is 6.39. The molecule has 2 aromatic heterocycles. The molecule has 6 aromatic carbocycles. The van der Waals surface area contributed by atoms with Gasteiger partial charge in [0.05, 0.1) is 11.0 Å². The zero-order valence-electron chi connectivity index (χ0n) is 28.2. The highest BCUT2D eigenvalue weighted by atomic mass is 15.1. The Morgan fingerprint density at radius 3 is 1.95 bits per heavy atom. The van der Waals surface area contributed by atoms with Crippen molar-refractivity contribution < 1.29 is 6.85 Å². The van der Waals surface area contributed by atoms with Gasteiger partial charge in [-0.15, -0.1) is 0 Å². The second-order valence-corrected chi connectivity index (χ2v) is 10.6. The number of fused-ring (bicyclic) bond motifs is 3.